The Balaban J connectivity index is 1.46. The van der Waals surface area contributed by atoms with Crippen LogP contribution in [0.4, 0.5) is 0 Å². The van der Waals surface area contributed by atoms with Crippen LogP contribution in [-0.2, 0) is 0 Å². The molecule has 38 heavy (non-hydrogen) atoms. The molecule has 0 aliphatic heterocycles. The van der Waals surface area contributed by atoms with Crippen LogP contribution in [0.3, 0.4) is 0 Å². The lowest BCUT2D eigenvalue weighted by atomic mass is 9.88. The fourth-order valence-corrected chi connectivity index (χ4v) is 5.27. The number of para-hydroxylation sites is 1. The predicted molar refractivity (Wildman–Crippen MR) is 156 cm³/mol. The Morgan fingerprint density at radius 2 is 1.26 bits per heavy atom. The zero-order valence-electron chi connectivity index (χ0n) is 20.5. The lowest BCUT2D eigenvalue weighted by Gasteiger charge is -2.15. The quantitative estimate of drug-likeness (QED) is 0.252. The number of nitriles is 1. The maximum absolute atomic E-state index is 9.32. The van der Waals surface area contributed by atoms with Gasteiger partial charge in [0.1, 0.15) is 0 Å². The van der Waals surface area contributed by atoms with E-state index in [0.717, 1.165) is 55.3 Å². The van der Waals surface area contributed by atoms with Gasteiger partial charge in [0.15, 0.2) is 5.82 Å². The van der Waals surface area contributed by atoms with Crippen molar-refractivity contribution in [1.29, 1.82) is 5.26 Å². The van der Waals surface area contributed by atoms with Gasteiger partial charge in [0.2, 0.25) is 0 Å². The molecule has 0 spiro atoms. The van der Waals surface area contributed by atoms with Crippen LogP contribution in [0.25, 0.3) is 66.1 Å². The Morgan fingerprint density at radius 3 is 2.13 bits per heavy atom. The molecule has 0 aliphatic rings. The van der Waals surface area contributed by atoms with Crippen molar-refractivity contribution in [1.82, 2.24) is 9.97 Å². The van der Waals surface area contributed by atoms with Gasteiger partial charge in [-0.3, -0.25) is 0 Å². The first-order valence-corrected chi connectivity index (χ1v) is 12.6. The van der Waals surface area contributed by atoms with Gasteiger partial charge in [-0.05, 0) is 68.1 Å². The van der Waals surface area contributed by atoms with E-state index in [-0.39, 0.29) is 0 Å². The molecule has 1 heterocycles. The van der Waals surface area contributed by atoms with Crippen LogP contribution < -0.4 is 0 Å². The molecule has 0 amide bonds. The first-order chi connectivity index (χ1) is 18.8. The molecule has 0 saturated heterocycles. The van der Waals surface area contributed by atoms with E-state index in [9.17, 15) is 5.26 Å². The van der Waals surface area contributed by atoms with E-state index >= 15 is 0 Å². The van der Waals surface area contributed by atoms with Gasteiger partial charge >= 0.3 is 0 Å². The topological polar surface area (TPSA) is 49.6 Å². The second-order valence-electron chi connectivity index (χ2n) is 9.39. The zero-order chi connectivity index (χ0) is 25.5. The van der Waals surface area contributed by atoms with Gasteiger partial charge in [0, 0.05) is 17.1 Å². The fourth-order valence-electron chi connectivity index (χ4n) is 5.27. The largest absolute Gasteiger partial charge is 0.236 e. The van der Waals surface area contributed by atoms with Crippen LogP contribution in [0.15, 0.2) is 128 Å². The third-order valence-electron chi connectivity index (χ3n) is 7.15. The van der Waals surface area contributed by atoms with E-state index in [2.05, 4.69) is 78.9 Å². The molecule has 0 fully saturated rings. The van der Waals surface area contributed by atoms with Gasteiger partial charge in [0.25, 0.3) is 0 Å². The van der Waals surface area contributed by atoms with Crippen LogP contribution >= 0.6 is 0 Å². The van der Waals surface area contributed by atoms with Gasteiger partial charge in [-0.25, -0.2) is 9.97 Å². The van der Waals surface area contributed by atoms with Gasteiger partial charge in [0.05, 0.1) is 17.1 Å². The molecular weight excluding hydrogens is 462 g/mol. The fraction of sp³-hybridized carbons (Fsp3) is 0. The molecular formula is C35H21N3. The minimum absolute atomic E-state index is 0.654. The summed E-state index contributed by atoms with van der Waals surface area (Å²) in [5, 5.41) is 15.0. The summed E-state index contributed by atoms with van der Waals surface area (Å²) in [4.78, 5) is 9.60. The Labute approximate surface area is 220 Å². The van der Waals surface area contributed by atoms with Gasteiger partial charge in [-0.2, -0.15) is 5.26 Å². The summed E-state index contributed by atoms with van der Waals surface area (Å²) in [6.07, 6.45) is 1.90. The molecule has 0 aliphatic carbocycles. The number of nitrogens with zero attached hydrogens (tertiary/aromatic N) is 3. The van der Waals surface area contributed by atoms with E-state index in [4.69, 9.17) is 9.97 Å². The number of hydrogen-bond acceptors (Lipinski definition) is 3. The third kappa shape index (κ3) is 3.68. The summed E-state index contributed by atoms with van der Waals surface area (Å²) in [6, 6.07) is 43.9. The second-order valence-corrected chi connectivity index (χ2v) is 9.39. The van der Waals surface area contributed by atoms with Crippen LogP contribution in [0.1, 0.15) is 5.56 Å². The van der Waals surface area contributed by atoms with Gasteiger partial charge < -0.3 is 0 Å². The lowest BCUT2D eigenvalue weighted by Crippen LogP contribution is -1.92. The highest BCUT2D eigenvalue weighted by Gasteiger charge is 2.14. The van der Waals surface area contributed by atoms with E-state index in [1.54, 1.807) is 0 Å². The van der Waals surface area contributed by atoms with E-state index < -0.39 is 0 Å². The van der Waals surface area contributed by atoms with Crippen molar-refractivity contribution >= 4 is 32.4 Å². The molecule has 3 nitrogen and oxygen atoms in total. The van der Waals surface area contributed by atoms with Crippen molar-refractivity contribution in [3.8, 4) is 39.7 Å². The normalized spacial score (nSPS) is 11.1. The standard InChI is InChI=1S/C35H21N3/c36-21-23-12-14-26(15-13-23)34-29-9-3-1-6-24(29)18-19-30(34)27-17-16-25-8-5-10-31(32(25)20-27)35-37-22-28-7-2-4-11-33(28)38-35/h1-20,22H. The lowest BCUT2D eigenvalue weighted by molar-refractivity contribution is 1.23. The smallest absolute Gasteiger partial charge is 0.160 e. The SMILES string of the molecule is N#Cc1ccc(-c2c(-c3ccc4cccc(-c5ncc6ccccc6n5)c4c3)ccc3ccccc23)cc1. The third-order valence-corrected chi connectivity index (χ3v) is 7.15. The van der Waals surface area contributed by atoms with Crippen LogP contribution in [0, 0.1) is 11.3 Å². The number of fused-ring (bicyclic) bond motifs is 3. The Kier molecular flexibility index (Phi) is 5.17. The highest BCUT2D eigenvalue weighted by molar-refractivity contribution is 6.06. The minimum Gasteiger partial charge on any atom is -0.236 e. The Morgan fingerprint density at radius 1 is 0.553 bits per heavy atom. The summed E-state index contributed by atoms with van der Waals surface area (Å²) in [5.41, 5.74) is 7.11. The number of aromatic nitrogens is 2. The molecule has 0 unspecified atom stereocenters. The first-order valence-electron chi connectivity index (χ1n) is 12.6. The van der Waals surface area contributed by atoms with Crippen LogP contribution in [0.2, 0.25) is 0 Å². The zero-order valence-corrected chi connectivity index (χ0v) is 20.5. The molecule has 0 N–H and O–H groups in total. The average Bonchev–Trinajstić information content (AvgIpc) is 2.99. The number of benzene rings is 6. The highest BCUT2D eigenvalue weighted by Crippen LogP contribution is 2.40. The molecule has 0 atom stereocenters. The summed E-state index contributed by atoms with van der Waals surface area (Å²) in [7, 11) is 0. The van der Waals surface area contributed by atoms with Crippen molar-refractivity contribution in [2.24, 2.45) is 0 Å². The van der Waals surface area contributed by atoms with E-state index in [1.165, 1.54) is 10.8 Å². The molecule has 6 aromatic carbocycles. The monoisotopic (exact) mass is 483 g/mol. The van der Waals surface area contributed by atoms with Crippen molar-refractivity contribution in [2.75, 3.05) is 0 Å². The Hall–Kier alpha value is -5.33. The van der Waals surface area contributed by atoms with Gasteiger partial charge in [-0.15, -0.1) is 0 Å². The van der Waals surface area contributed by atoms with E-state index in [1.807, 2.05) is 54.7 Å². The molecule has 0 saturated carbocycles. The predicted octanol–water partition coefficient (Wildman–Crippen LogP) is 8.81. The molecule has 0 radical (unpaired) electrons. The summed E-state index contributed by atoms with van der Waals surface area (Å²) in [6.45, 7) is 0. The molecule has 3 heteroatoms. The van der Waals surface area contributed by atoms with Crippen molar-refractivity contribution in [3.63, 3.8) is 0 Å². The maximum Gasteiger partial charge on any atom is 0.160 e. The second kappa shape index (κ2) is 8.96. The summed E-state index contributed by atoms with van der Waals surface area (Å²) < 4.78 is 0. The molecule has 0 bridgehead atoms. The molecule has 7 rings (SSSR count). The van der Waals surface area contributed by atoms with Crippen molar-refractivity contribution < 1.29 is 0 Å². The Bertz CT molecular complexity index is 2030. The average molecular weight is 484 g/mol. The van der Waals surface area contributed by atoms with E-state index in [0.29, 0.717) is 5.56 Å². The molecule has 7 aromatic rings. The highest BCUT2D eigenvalue weighted by atomic mass is 14.9. The number of hydrogen-bond donors (Lipinski definition) is 0. The van der Waals surface area contributed by atoms with Crippen LogP contribution in [-0.4, -0.2) is 9.97 Å². The van der Waals surface area contributed by atoms with Gasteiger partial charge in [-0.1, -0.05) is 97.1 Å². The number of rotatable bonds is 3. The van der Waals surface area contributed by atoms with Crippen LogP contribution in [0.5, 0.6) is 0 Å². The summed E-state index contributed by atoms with van der Waals surface area (Å²) in [5.74, 6) is 0.720. The van der Waals surface area contributed by atoms with Crippen molar-refractivity contribution in [2.45, 2.75) is 0 Å². The maximum atomic E-state index is 9.32. The summed E-state index contributed by atoms with van der Waals surface area (Å²) >= 11 is 0. The molecule has 1 aromatic heterocycles. The minimum atomic E-state index is 0.654. The first kappa shape index (κ1) is 21.9. The molecule has 176 valence electrons. The van der Waals surface area contributed by atoms with Crippen molar-refractivity contribution in [3.05, 3.63) is 133 Å².